The molecule has 0 atom stereocenters. The quantitative estimate of drug-likeness (QED) is 0.789. The van der Waals surface area contributed by atoms with Crippen molar-refractivity contribution in [2.45, 2.75) is 6.42 Å². The molecule has 3 N–H and O–H groups in total. The molecule has 0 radical (unpaired) electrons. The summed E-state index contributed by atoms with van der Waals surface area (Å²) in [5.74, 6) is 0.176. The summed E-state index contributed by atoms with van der Waals surface area (Å²) >= 11 is 5.80. The maximum atomic E-state index is 11.8. The number of anilines is 1. The molecule has 0 bridgehead atoms. The lowest BCUT2D eigenvalue weighted by Crippen LogP contribution is -2.26. The topological polar surface area (TPSA) is 107 Å². The lowest BCUT2D eigenvalue weighted by atomic mass is 10.2. The minimum Gasteiger partial charge on any atom is -0.397 e. The van der Waals surface area contributed by atoms with E-state index in [4.69, 9.17) is 17.3 Å². The highest BCUT2D eigenvalue weighted by molar-refractivity contribution is 6.32. The first-order chi connectivity index (χ1) is 8.66. The highest BCUT2D eigenvalue weighted by Gasteiger charge is 2.11. The van der Waals surface area contributed by atoms with Crippen molar-refractivity contribution in [1.29, 1.82) is 0 Å². The fourth-order valence-corrected chi connectivity index (χ4v) is 1.50. The molecule has 1 amide bonds. The Bertz CT molecular complexity index is 543. The zero-order valence-corrected chi connectivity index (χ0v) is 10.0. The van der Waals surface area contributed by atoms with Gasteiger partial charge in [0, 0.05) is 13.0 Å². The van der Waals surface area contributed by atoms with Gasteiger partial charge in [0.15, 0.2) is 5.82 Å². The molecule has 0 fully saturated rings. The highest BCUT2D eigenvalue weighted by Crippen LogP contribution is 2.15. The third-order valence-electron chi connectivity index (χ3n) is 2.15. The van der Waals surface area contributed by atoms with Crippen LogP contribution in [0.2, 0.25) is 5.15 Å². The third kappa shape index (κ3) is 2.95. The number of hydrogen-bond acceptors (Lipinski definition) is 6. The normalized spacial score (nSPS) is 10.3. The number of carbonyl (C=O) groups is 1. The SMILES string of the molecule is Nc1cnc(Cl)c(C(=O)NCCc2ncon2)c1. The number of nitrogens with one attached hydrogen (secondary N) is 1. The van der Waals surface area contributed by atoms with Crippen LogP contribution < -0.4 is 11.1 Å². The summed E-state index contributed by atoms with van der Waals surface area (Å²) in [5, 5.41) is 6.40. The van der Waals surface area contributed by atoms with Crippen LogP contribution in [-0.2, 0) is 6.42 Å². The Balaban J connectivity index is 1.93. The minimum absolute atomic E-state index is 0.112. The Morgan fingerprint density at radius 3 is 3.06 bits per heavy atom. The minimum atomic E-state index is -0.344. The van der Waals surface area contributed by atoms with Crippen LogP contribution in [0.1, 0.15) is 16.2 Å². The van der Waals surface area contributed by atoms with Crippen LogP contribution in [0.3, 0.4) is 0 Å². The average Bonchev–Trinajstić information content (AvgIpc) is 2.85. The van der Waals surface area contributed by atoms with E-state index < -0.39 is 0 Å². The van der Waals surface area contributed by atoms with E-state index in [9.17, 15) is 4.79 Å². The fraction of sp³-hybridized carbons (Fsp3) is 0.200. The standard InChI is InChI=1S/C10H10ClN5O2/c11-9-7(3-6(12)4-14-9)10(17)13-2-1-8-15-5-18-16-8/h3-5H,1-2,12H2,(H,13,17). The van der Waals surface area contributed by atoms with Gasteiger partial charge in [0.05, 0.1) is 17.4 Å². The number of carbonyl (C=O) groups excluding carboxylic acids is 1. The molecule has 0 unspecified atom stereocenters. The zero-order chi connectivity index (χ0) is 13.0. The molecule has 7 nitrogen and oxygen atoms in total. The Morgan fingerprint density at radius 2 is 2.33 bits per heavy atom. The molecule has 0 aliphatic rings. The number of nitrogen functional groups attached to an aromatic ring is 1. The van der Waals surface area contributed by atoms with Gasteiger partial charge in [0.25, 0.3) is 5.91 Å². The Labute approximate surface area is 107 Å². The van der Waals surface area contributed by atoms with Gasteiger partial charge >= 0.3 is 0 Å². The van der Waals surface area contributed by atoms with Gasteiger partial charge in [-0.3, -0.25) is 4.79 Å². The van der Waals surface area contributed by atoms with Gasteiger partial charge in [-0.25, -0.2) is 4.98 Å². The summed E-state index contributed by atoms with van der Waals surface area (Å²) in [5.41, 5.74) is 6.16. The van der Waals surface area contributed by atoms with Crippen molar-refractivity contribution < 1.29 is 9.32 Å². The second-order valence-electron chi connectivity index (χ2n) is 3.46. The molecule has 94 valence electrons. The molecular formula is C10H10ClN5O2. The van der Waals surface area contributed by atoms with Crippen LogP contribution in [0.15, 0.2) is 23.2 Å². The maximum absolute atomic E-state index is 11.8. The first kappa shape index (κ1) is 12.3. The van der Waals surface area contributed by atoms with E-state index in [1.807, 2.05) is 0 Å². The van der Waals surface area contributed by atoms with Crippen LogP contribution in [0, 0.1) is 0 Å². The molecule has 0 saturated carbocycles. The van der Waals surface area contributed by atoms with Crippen molar-refractivity contribution >= 4 is 23.2 Å². The van der Waals surface area contributed by atoms with Gasteiger partial charge in [0.1, 0.15) is 5.15 Å². The number of hydrogen-bond donors (Lipinski definition) is 2. The molecule has 0 saturated heterocycles. The highest BCUT2D eigenvalue weighted by atomic mass is 35.5. The van der Waals surface area contributed by atoms with E-state index in [2.05, 4.69) is 25.0 Å². The second kappa shape index (κ2) is 5.46. The summed E-state index contributed by atoms with van der Waals surface area (Å²) < 4.78 is 4.57. The van der Waals surface area contributed by atoms with Gasteiger partial charge in [-0.1, -0.05) is 16.8 Å². The smallest absolute Gasteiger partial charge is 0.254 e. The number of pyridine rings is 1. The summed E-state index contributed by atoms with van der Waals surface area (Å²) in [6.45, 7) is 0.365. The number of nitrogens with zero attached hydrogens (tertiary/aromatic N) is 3. The molecule has 8 heteroatoms. The van der Waals surface area contributed by atoms with E-state index in [0.29, 0.717) is 24.5 Å². The molecule has 2 rings (SSSR count). The Hall–Kier alpha value is -2.15. The molecule has 2 aromatic heterocycles. The number of nitrogens with two attached hydrogens (primary N) is 1. The fourth-order valence-electron chi connectivity index (χ4n) is 1.31. The van der Waals surface area contributed by atoms with Gasteiger partial charge in [-0.15, -0.1) is 0 Å². The van der Waals surface area contributed by atoms with E-state index in [-0.39, 0.29) is 16.6 Å². The van der Waals surface area contributed by atoms with Gasteiger partial charge in [-0.2, -0.15) is 4.98 Å². The van der Waals surface area contributed by atoms with E-state index in [0.717, 1.165) is 0 Å². The molecular weight excluding hydrogens is 258 g/mol. The van der Waals surface area contributed by atoms with E-state index in [1.54, 1.807) is 0 Å². The Morgan fingerprint density at radius 1 is 1.50 bits per heavy atom. The predicted molar refractivity (Wildman–Crippen MR) is 64.0 cm³/mol. The van der Waals surface area contributed by atoms with Gasteiger partial charge < -0.3 is 15.6 Å². The second-order valence-corrected chi connectivity index (χ2v) is 3.82. The first-order valence-corrected chi connectivity index (χ1v) is 5.49. The van der Waals surface area contributed by atoms with Crippen molar-refractivity contribution in [2.75, 3.05) is 12.3 Å². The van der Waals surface area contributed by atoms with Crippen molar-refractivity contribution in [1.82, 2.24) is 20.4 Å². The molecule has 2 aromatic rings. The van der Waals surface area contributed by atoms with E-state index >= 15 is 0 Å². The van der Waals surface area contributed by atoms with Crippen molar-refractivity contribution in [3.8, 4) is 0 Å². The monoisotopic (exact) mass is 267 g/mol. The maximum Gasteiger partial charge on any atom is 0.254 e. The summed E-state index contributed by atoms with van der Waals surface area (Å²) in [6.07, 6.45) is 3.09. The van der Waals surface area contributed by atoms with Crippen LogP contribution in [0.4, 0.5) is 5.69 Å². The lowest BCUT2D eigenvalue weighted by molar-refractivity contribution is 0.0953. The van der Waals surface area contributed by atoms with Crippen LogP contribution in [-0.4, -0.2) is 27.6 Å². The predicted octanol–water partition coefficient (Wildman–Crippen LogP) is 0.673. The van der Waals surface area contributed by atoms with E-state index in [1.165, 1.54) is 18.7 Å². The van der Waals surface area contributed by atoms with Gasteiger partial charge in [-0.05, 0) is 6.07 Å². The Kier molecular flexibility index (Phi) is 3.73. The number of aromatic nitrogens is 3. The molecule has 18 heavy (non-hydrogen) atoms. The van der Waals surface area contributed by atoms with Crippen LogP contribution in [0.5, 0.6) is 0 Å². The summed E-state index contributed by atoms with van der Waals surface area (Å²) in [4.78, 5) is 19.4. The summed E-state index contributed by atoms with van der Waals surface area (Å²) in [7, 11) is 0. The van der Waals surface area contributed by atoms with Crippen LogP contribution >= 0.6 is 11.6 Å². The number of amides is 1. The molecule has 2 heterocycles. The first-order valence-electron chi connectivity index (χ1n) is 5.11. The average molecular weight is 268 g/mol. The van der Waals surface area contributed by atoms with Crippen LogP contribution in [0.25, 0.3) is 0 Å². The summed E-state index contributed by atoms with van der Waals surface area (Å²) in [6, 6.07) is 1.47. The third-order valence-corrected chi connectivity index (χ3v) is 2.45. The molecule has 0 aromatic carbocycles. The van der Waals surface area contributed by atoms with Gasteiger partial charge in [0.2, 0.25) is 6.39 Å². The van der Waals surface area contributed by atoms with Crippen molar-refractivity contribution in [3.63, 3.8) is 0 Å². The molecule has 0 aliphatic carbocycles. The number of rotatable bonds is 4. The zero-order valence-electron chi connectivity index (χ0n) is 9.26. The van der Waals surface area contributed by atoms with Crippen molar-refractivity contribution in [3.05, 3.63) is 35.2 Å². The molecule has 0 aliphatic heterocycles. The largest absolute Gasteiger partial charge is 0.397 e. The van der Waals surface area contributed by atoms with Crippen molar-refractivity contribution in [2.24, 2.45) is 0 Å². The molecule has 0 spiro atoms. The lowest BCUT2D eigenvalue weighted by Gasteiger charge is -2.05. The number of halogens is 1.